The van der Waals surface area contributed by atoms with Gasteiger partial charge in [-0.2, -0.15) is 0 Å². The first-order chi connectivity index (χ1) is 7.62. The molecular formula is C11H11ClO4. The topological polar surface area (TPSA) is 52.6 Å². The van der Waals surface area contributed by atoms with Gasteiger partial charge >= 0.3 is 5.97 Å². The Morgan fingerprint density at radius 3 is 2.69 bits per heavy atom. The molecule has 0 aliphatic carbocycles. The molecule has 0 N–H and O–H groups in total. The molecule has 1 aromatic rings. The normalized spacial score (nSPS) is 9.69. The van der Waals surface area contributed by atoms with Crippen molar-refractivity contribution in [1.29, 1.82) is 0 Å². The predicted molar refractivity (Wildman–Crippen MR) is 59.3 cm³/mol. The lowest BCUT2D eigenvalue weighted by molar-refractivity contribution is -0.134. The van der Waals surface area contributed by atoms with Crippen LogP contribution >= 0.6 is 11.6 Å². The van der Waals surface area contributed by atoms with E-state index < -0.39 is 5.97 Å². The second-order valence-corrected chi connectivity index (χ2v) is 3.39. The maximum Gasteiger partial charge on any atom is 0.311 e. The van der Waals surface area contributed by atoms with Crippen LogP contribution in [0.2, 0.25) is 5.02 Å². The van der Waals surface area contributed by atoms with Gasteiger partial charge in [0.1, 0.15) is 6.29 Å². The lowest BCUT2D eigenvalue weighted by Gasteiger charge is -2.10. The highest BCUT2D eigenvalue weighted by Gasteiger charge is 2.14. The van der Waals surface area contributed by atoms with Gasteiger partial charge in [0.2, 0.25) is 0 Å². The zero-order chi connectivity index (χ0) is 12.1. The molecule has 1 rings (SSSR count). The minimum absolute atomic E-state index is 0.140. The van der Waals surface area contributed by atoms with E-state index in [0.29, 0.717) is 11.8 Å². The number of hydrogen-bond acceptors (Lipinski definition) is 4. The summed E-state index contributed by atoms with van der Waals surface area (Å²) in [6, 6.07) is 2.87. The number of carbonyl (C=O) groups is 2. The molecule has 0 aliphatic rings. The third kappa shape index (κ3) is 2.73. The Kier molecular flexibility index (Phi) is 4.31. The number of hydrogen-bond donors (Lipinski definition) is 0. The summed E-state index contributed by atoms with van der Waals surface area (Å²) in [5.41, 5.74) is 0.359. The molecule has 5 heteroatoms. The van der Waals surface area contributed by atoms with Gasteiger partial charge in [0, 0.05) is 12.0 Å². The number of halogens is 1. The van der Waals surface area contributed by atoms with Crippen molar-refractivity contribution < 1.29 is 19.1 Å². The van der Waals surface area contributed by atoms with E-state index in [-0.39, 0.29) is 22.9 Å². The van der Waals surface area contributed by atoms with Crippen LogP contribution in [0.3, 0.4) is 0 Å². The van der Waals surface area contributed by atoms with Crippen LogP contribution in [-0.2, 0) is 4.79 Å². The van der Waals surface area contributed by atoms with Gasteiger partial charge < -0.3 is 9.47 Å². The SMILES string of the molecule is CCC(=O)Oc1c(Cl)cc(C=O)cc1OC. The molecule has 0 bridgehead atoms. The molecule has 0 unspecified atom stereocenters. The van der Waals surface area contributed by atoms with Crippen molar-refractivity contribution in [2.24, 2.45) is 0 Å². The first-order valence-corrected chi connectivity index (χ1v) is 5.03. The van der Waals surface area contributed by atoms with Gasteiger partial charge in [-0.25, -0.2) is 0 Å². The maximum atomic E-state index is 11.2. The molecule has 0 fully saturated rings. The zero-order valence-corrected chi connectivity index (χ0v) is 9.71. The van der Waals surface area contributed by atoms with Gasteiger partial charge in [0.25, 0.3) is 0 Å². The van der Waals surface area contributed by atoms with E-state index in [9.17, 15) is 9.59 Å². The summed E-state index contributed by atoms with van der Waals surface area (Å²) < 4.78 is 10.00. The Balaban J connectivity index is 3.16. The van der Waals surface area contributed by atoms with Crippen LogP contribution in [-0.4, -0.2) is 19.4 Å². The highest BCUT2D eigenvalue weighted by molar-refractivity contribution is 6.32. The number of aldehydes is 1. The molecule has 1 aromatic carbocycles. The lowest BCUT2D eigenvalue weighted by atomic mass is 10.2. The van der Waals surface area contributed by atoms with Gasteiger partial charge in [-0.3, -0.25) is 9.59 Å². The average molecular weight is 243 g/mol. The number of esters is 1. The summed E-state index contributed by atoms with van der Waals surface area (Å²) in [7, 11) is 1.41. The highest BCUT2D eigenvalue weighted by atomic mass is 35.5. The number of ether oxygens (including phenoxy) is 2. The molecular weight excluding hydrogens is 232 g/mol. The second kappa shape index (κ2) is 5.51. The molecule has 0 saturated heterocycles. The summed E-state index contributed by atoms with van der Waals surface area (Å²) in [4.78, 5) is 21.7. The Hall–Kier alpha value is -1.55. The fraction of sp³-hybridized carbons (Fsp3) is 0.273. The first-order valence-electron chi connectivity index (χ1n) is 4.65. The first kappa shape index (κ1) is 12.5. The molecule has 0 atom stereocenters. The minimum atomic E-state index is -0.418. The predicted octanol–water partition coefficient (Wildman–Crippen LogP) is 2.48. The van der Waals surface area contributed by atoms with E-state index in [4.69, 9.17) is 21.1 Å². The standard InChI is InChI=1S/C11H11ClO4/c1-3-10(14)16-11-8(12)4-7(6-13)5-9(11)15-2/h4-6H,3H2,1-2H3. The zero-order valence-electron chi connectivity index (χ0n) is 8.95. The summed E-state index contributed by atoms with van der Waals surface area (Å²) in [6.45, 7) is 1.67. The van der Waals surface area contributed by atoms with Crippen LogP contribution in [0.1, 0.15) is 23.7 Å². The van der Waals surface area contributed by atoms with Crippen molar-refractivity contribution in [2.45, 2.75) is 13.3 Å². The molecule has 0 aliphatic heterocycles. The van der Waals surface area contributed by atoms with Crippen LogP contribution in [0.4, 0.5) is 0 Å². The van der Waals surface area contributed by atoms with E-state index in [1.54, 1.807) is 6.92 Å². The van der Waals surface area contributed by atoms with Gasteiger partial charge in [0.15, 0.2) is 11.5 Å². The van der Waals surface area contributed by atoms with E-state index in [2.05, 4.69) is 0 Å². The van der Waals surface area contributed by atoms with Crippen LogP contribution in [0.25, 0.3) is 0 Å². The molecule has 0 spiro atoms. The molecule has 0 saturated carbocycles. The number of rotatable bonds is 4. The molecule has 86 valence electrons. The molecule has 4 nitrogen and oxygen atoms in total. The van der Waals surface area contributed by atoms with E-state index in [1.165, 1.54) is 19.2 Å². The number of carbonyl (C=O) groups excluding carboxylic acids is 2. The van der Waals surface area contributed by atoms with Crippen molar-refractivity contribution in [3.05, 3.63) is 22.7 Å². The summed E-state index contributed by atoms with van der Waals surface area (Å²) in [5, 5.41) is 0.170. The van der Waals surface area contributed by atoms with Crippen LogP contribution in [0.5, 0.6) is 11.5 Å². The number of benzene rings is 1. The van der Waals surface area contributed by atoms with E-state index >= 15 is 0 Å². The second-order valence-electron chi connectivity index (χ2n) is 2.98. The molecule has 0 amide bonds. The molecule has 16 heavy (non-hydrogen) atoms. The largest absolute Gasteiger partial charge is 0.493 e. The van der Waals surface area contributed by atoms with Crippen molar-refractivity contribution in [1.82, 2.24) is 0 Å². The van der Waals surface area contributed by atoms with Crippen molar-refractivity contribution in [3.63, 3.8) is 0 Å². The fourth-order valence-electron chi connectivity index (χ4n) is 1.09. The Bertz CT molecular complexity index is 415. The molecule has 0 radical (unpaired) electrons. The number of methoxy groups -OCH3 is 1. The minimum Gasteiger partial charge on any atom is -0.493 e. The Morgan fingerprint density at radius 1 is 1.50 bits per heavy atom. The van der Waals surface area contributed by atoms with Crippen molar-refractivity contribution >= 4 is 23.9 Å². The summed E-state index contributed by atoms with van der Waals surface area (Å²) >= 11 is 5.88. The average Bonchev–Trinajstić information content (AvgIpc) is 2.30. The van der Waals surface area contributed by atoms with E-state index in [1.807, 2.05) is 0 Å². The van der Waals surface area contributed by atoms with Gasteiger partial charge in [0.05, 0.1) is 12.1 Å². The maximum absolute atomic E-state index is 11.2. The third-order valence-corrected chi connectivity index (χ3v) is 2.17. The van der Waals surface area contributed by atoms with Crippen molar-refractivity contribution in [2.75, 3.05) is 7.11 Å². The smallest absolute Gasteiger partial charge is 0.311 e. The van der Waals surface area contributed by atoms with Crippen LogP contribution < -0.4 is 9.47 Å². The molecule has 0 heterocycles. The Labute approximate surface area is 98.1 Å². The van der Waals surface area contributed by atoms with Gasteiger partial charge in [-0.05, 0) is 12.1 Å². The molecule has 0 aromatic heterocycles. The quantitative estimate of drug-likeness (QED) is 0.462. The van der Waals surface area contributed by atoms with Crippen molar-refractivity contribution in [3.8, 4) is 11.5 Å². The van der Waals surface area contributed by atoms with Gasteiger partial charge in [-0.1, -0.05) is 18.5 Å². The van der Waals surface area contributed by atoms with Crippen LogP contribution in [0, 0.1) is 0 Å². The van der Waals surface area contributed by atoms with Crippen LogP contribution in [0.15, 0.2) is 12.1 Å². The Morgan fingerprint density at radius 2 is 2.19 bits per heavy atom. The lowest BCUT2D eigenvalue weighted by Crippen LogP contribution is -2.07. The van der Waals surface area contributed by atoms with E-state index in [0.717, 1.165) is 0 Å². The monoisotopic (exact) mass is 242 g/mol. The summed E-state index contributed by atoms with van der Waals surface area (Å²) in [6.07, 6.45) is 0.870. The highest BCUT2D eigenvalue weighted by Crippen LogP contribution is 2.36. The summed E-state index contributed by atoms with van der Waals surface area (Å²) in [5.74, 6) is -0.0166. The fourth-order valence-corrected chi connectivity index (χ4v) is 1.35. The third-order valence-electron chi connectivity index (χ3n) is 1.89. The van der Waals surface area contributed by atoms with Gasteiger partial charge in [-0.15, -0.1) is 0 Å².